The average molecular weight is 226 g/mol. The zero-order valence-electron chi connectivity index (χ0n) is 9.95. The Morgan fingerprint density at radius 3 is 2.75 bits per heavy atom. The molecule has 5 heteroatoms. The molecule has 0 aromatic carbocycles. The van der Waals surface area contributed by atoms with Crippen molar-refractivity contribution in [3.8, 4) is 0 Å². The number of piperazine rings is 1. The van der Waals surface area contributed by atoms with Crippen LogP contribution < -0.4 is 5.32 Å². The van der Waals surface area contributed by atoms with Crippen LogP contribution in [0.15, 0.2) is 0 Å². The first-order chi connectivity index (χ1) is 7.38. The lowest BCUT2D eigenvalue weighted by Gasteiger charge is -2.35. The van der Waals surface area contributed by atoms with Crippen LogP contribution in [0.5, 0.6) is 0 Å². The van der Waals surface area contributed by atoms with Crippen molar-refractivity contribution in [3.63, 3.8) is 0 Å². The van der Waals surface area contributed by atoms with Gasteiger partial charge in [0.15, 0.2) is 0 Å². The Kier molecular flexibility index (Phi) is 2.56. The number of rotatable bonds is 0. The van der Waals surface area contributed by atoms with Gasteiger partial charge < -0.3 is 10.1 Å². The Morgan fingerprint density at radius 1 is 1.44 bits per heavy atom. The van der Waals surface area contributed by atoms with Crippen molar-refractivity contribution >= 4 is 12.0 Å². The quantitative estimate of drug-likeness (QED) is 0.667. The molecule has 90 valence electrons. The lowest BCUT2D eigenvalue weighted by Crippen LogP contribution is -2.58. The normalized spacial score (nSPS) is 28.9. The Hall–Kier alpha value is -1.26. The van der Waals surface area contributed by atoms with Crippen LogP contribution >= 0.6 is 0 Å². The van der Waals surface area contributed by atoms with Crippen molar-refractivity contribution < 1.29 is 14.3 Å². The van der Waals surface area contributed by atoms with E-state index >= 15 is 0 Å². The molecule has 2 amide bonds. The monoisotopic (exact) mass is 226 g/mol. The molecular formula is C11H18N2O3. The van der Waals surface area contributed by atoms with Crippen LogP contribution in [-0.2, 0) is 9.53 Å². The molecule has 2 bridgehead atoms. The van der Waals surface area contributed by atoms with E-state index in [9.17, 15) is 9.59 Å². The summed E-state index contributed by atoms with van der Waals surface area (Å²) in [6.45, 7) is 6.04. The number of amides is 2. The first-order valence-electron chi connectivity index (χ1n) is 5.67. The summed E-state index contributed by atoms with van der Waals surface area (Å²) in [7, 11) is 0. The second-order valence-corrected chi connectivity index (χ2v) is 5.38. The Bertz CT molecular complexity index is 322. The Labute approximate surface area is 95.1 Å². The standard InChI is InChI=1S/C11H18N2O3/c1-11(2,3)16-10(15)13-7-4-5-8(13)9(14)12-6-7/h7-8H,4-6H2,1-3H3,(H,12,14)/t7-,8-/m0/s1. The molecule has 16 heavy (non-hydrogen) atoms. The van der Waals surface area contributed by atoms with E-state index in [1.165, 1.54) is 0 Å². The van der Waals surface area contributed by atoms with Crippen LogP contribution in [-0.4, -0.2) is 41.1 Å². The molecule has 2 heterocycles. The highest BCUT2D eigenvalue weighted by Gasteiger charge is 2.45. The van der Waals surface area contributed by atoms with Gasteiger partial charge in [0.1, 0.15) is 11.6 Å². The van der Waals surface area contributed by atoms with Crippen LogP contribution in [0.2, 0.25) is 0 Å². The lowest BCUT2D eigenvalue weighted by molar-refractivity contribution is -0.128. The van der Waals surface area contributed by atoms with Gasteiger partial charge in [-0.1, -0.05) is 0 Å². The molecular weight excluding hydrogens is 208 g/mol. The third-order valence-electron chi connectivity index (χ3n) is 2.92. The molecule has 2 aliphatic heterocycles. The first kappa shape index (κ1) is 11.2. The summed E-state index contributed by atoms with van der Waals surface area (Å²) in [6.07, 6.45) is 1.26. The van der Waals surface area contributed by atoms with Gasteiger partial charge in [0, 0.05) is 6.54 Å². The van der Waals surface area contributed by atoms with Gasteiger partial charge in [-0.25, -0.2) is 4.79 Å². The number of carbonyl (C=O) groups excluding carboxylic acids is 2. The average Bonchev–Trinajstić information content (AvgIpc) is 2.46. The summed E-state index contributed by atoms with van der Waals surface area (Å²) in [4.78, 5) is 25.1. The smallest absolute Gasteiger partial charge is 0.411 e. The van der Waals surface area contributed by atoms with Crippen LogP contribution in [0.4, 0.5) is 4.79 Å². The second-order valence-electron chi connectivity index (χ2n) is 5.38. The van der Waals surface area contributed by atoms with Gasteiger partial charge in [-0.2, -0.15) is 0 Å². The van der Waals surface area contributed by atoms with Crippen molar-refractivity contribution in [3.05, 3.63) is 0 Å². The van der Waals surface area contributed by atoms with Crippen molar-refractivity contribution in [1.82, 2.24) is 10.2 Å². The third-order valence-corrected chi connectivity index (χ3v) is 2.92. The minimum atomic E-state index is -0.509. The van der Waals surface area contributed by atoms with Gasteiger partial charge in [-0.3, -0.25) is 9.69 Å². The van der Waals surface area contributed by atoms with Crippen LogP contribution in [0.3, 0.4) is 0 Å². The lowest BCUT2D eigenvalue weighted by atomic mass is 10.2. The molecule has 2 aliphatic rings. The SMILES string of the molecule is CC(C)(C)OC(=O)N1[C@H]2CC[C@H]1C(=O)NC2. The summed E-state index contributed by atoms with van der Waals surface area (Å²) in [5.41, 5.74) is -0.509. The number of fused-ring (bicyclic) bond motifs is 2. The number of nitrogens with zero attached hydrogens (tertiary/aromatic N) is 1. The van der Waals surface area contributed by atoms with E-state index in [-0.39, 0.29) is 24.1 Å². The third kappa shape index (κ3) is 1.99. The maximum Gasteiger partial charge on any atom is 0.411 e. The highest BCUT2D eigenvalue weighted by molar-refractivity contribution is 5.88. The zero-order chi connectivity index (χ0) is 11.9. The molecule has 2 fully saturated rings. The van der Waals surface area contributed by atoms with Crippen molar-refractivity contribution in [2.75, 3.05) is 6.54 Å². The molecule has 0 radical (unpaired) electrons. The number of carbonyl (C=O) groups is 2. The molecule has 0 saturated carbocycles. The van der Waals surface area contributed by atoms with Crippen LogP contribution in [0.1, 0.15) is 33.6 Å². The molecule has 2 saturated heterocycles. The Balaban J connectivity index is 2.09. The second kappa shape index (κ2) is 3.64. The van der Waals surface area contributed by atoms with Gasteiger partial charge >= 0.3 is 6.09 Å². The van der Waals surface area contributed by atoms with Crippen molar-refractivity contribution in [1.29, 1.82) is 0 Å². The summed E-state index contributed by atoms with van der Waals surface area (Å²) in [6, 6.07) is -0.217. The molecule has 0 aromatic heterocycles. The van der Waals surface area contributed by atoms with E-state index in [1.54, 1.807) is 4.90 Å². The van der Waals surface area contributed by atoms with Gasteiger partial charge in [0.05, 0.1) is 6.04 Å². The molecule has 2 rings (SSSR count). The molecule has 0 aromatic rings. The molecule has 0 aliphatic carbocycles. The number of nitrogens with one attached hydrogen (secondary N) is 1. The highest BCUT2D eigenvalue weighted by Crippen LogP contribution is 2.28. The van der Waals surface area contributed by atoms with E-state index in [2.05, 4.69) is 5.32 Å². The summed E-state index contributed by atoms with van der Waals surface area (Å²) < 4.78 is 5.31. The van der Waals surface area contributed by atoms with E-state index in [0.29, 0.717) is 6.54 Å². The predicted octanol–water partition coefficient (Wildman–Crippen LogP) is 0.884. The van der Waals surface area contributed by atoms with Crippen LogP contribution in [0.25, 0.3) is 0 Å². The molecule has 0 spiro atoms. The fourth-order valence-electron chi connectivity index (χ4n) is 2.27. The van der Waals surface area contributed by atoms with E-state index in [4.69, 9.17) is 4.74 Å². The Morgan fingerprint density at radius 2 is 2.12 bits per heavy atom. The van der Waals surface area contributed by atoms with E-state index < -0.39 is 5.60 Å². The number of ether oxygens (including phenoxy) is 1. The topological polar surface area (TPSA) is 58.6 Å². The maximum absolute atomic E-state index is 11.9. The summed E-state index contributed by atoms with van der Waals surface area (Å²) >= 11 is 0. The minimum absolute atomic E-state index is 0.0559. The van der Waals surface area contributed by atoms with Gasteiger partial charge in [-0.05, 0) is 33.6 Å². The number of hydrogen-bond donors (Lipinski definition) is 1. The molecule has 2 atom stereocenters. The van der Waals surface area contributed by atoms with E-state index in [1.807, 2.05) is 20.8 Å². The molecule has 0 unspecified atom stereocenters. The van der Waals surface area contributed by atoms with Gasteiger partial charge in [-0.15, -0.1) is 0 Å². The van der Waals surface area contributed by atoms with Crippen LogP contribution in [0, 0.1) is 0 Å². The zero-order valence-corrected chi connectivity index (χ0v) is 9.95. The minimum Gasteiger partial charge on any atom is -0.444 e. The van der Waals surface area contributed by atoms with Crippen molar-refractivity contribution in [2.24, 2.45) is 0 Å². The molecule has 1 N–H and O–H groups in total. The summed E-state index contributed by atoms with van der Waals surface area (Å²) in [5.74, 6) is -0.0559. The number of hydrogen-bond acceptors (Lipinski definition) is 3. The largest absolute Gasteiger partial charge is 0.444 e. The predicted molar refractivity (Wildman–Crippen MR) is 57.9 cm³/mol. The fourth-order valence-corrected chi connectivity index (χ4v) is 2.27. The van der Waals surface area contributed by atoms with Gasteiger partial charge in [0.25, 0.3) is 0 Å². The van der Waals surface area contributed by atoms with E-state index in [0.717, 1.165) is 12.8 Å². The molecule has 5 nitrogen and oxygen atoms in total. The van der Waals surface area contributed by atoms with Gasteiger partial charge in [0.2, 0.25) is 5.91 Å². The fraction of sp³-hybridized carbons (Fsp3) is 0.818. The summed E-state index contributed by atoms with van der Waals surface area (Å²) in [5, 5.41) is 2.80. The maximum atomic E-state index is 11.9. The highest BCUT2D eigenvalue weighted by atomic mass is 16.6. The first-order valence-corrected chi connectivity index (χ1v) is 5.67. The van der Waals surface area contributed by atoms with Crippen molar-refractivity contribution in [2.45, 2.75) is 51.3 Å².